The van der Waals surface area contributed by atoms with Crippen LogP contribution in [0.5, 0.6) is 0 Å². The van der Waals surface area contributed by atoms with Crippen LogP contribution in [0.4, 0.5) is 0 Å². The molecule has 1 atom stereocenters. The van der Waals surface area contributed by atoms with Gasteiger partial charge in [-0.15, -0.1) is 0 Å². The van der Waals surface area contributed by atoms with Crippen molar-refractivity contribution in [3.05, 3.63) is 53.6 Å². The Morgan fingerprint density at radius 1 is 1.21 bits per heavy atom. The van der Waals surface area contributed by atoms with Crippen LogP contribution in [-0.2, 0) is 12.8 Å². The highest BCUT2D eigenvalue weighted by Crippen LogP contribution is 2.28. The summed E-state index contributed by atoms with van der Waals surface area (Å²) in [5.74, 6) is 0. The first-order chi connectivity index (χ1) is 9.40. The molecule has 0 N–H and O–H groups in total. The molecule has 3 heteroatoms. The molecule has 1 unspecified atom stereocenters. The highest BCUT2D eigenvalue weighted by Gasteiger charge is 2.21. The number of hydrogen-bond acceptors (Lipinski definition) is 2. The van der Waals surface area contributed by atoms with Crippen molar-refractivity contribution in [3.63, 3.8) is 0 Å². The zero-order valence-electron chi connectivity index (χ0n) is 10.9. The maximum absolute atomic E-state index is 9.12. The van der Waals surface area contributed by atoms with Crippen molar-refractivity contribution in [1.29, 1.82) is 5.26 Å². The third kappa shape index (κ3) is 2.26. The second kappa shape index (κ2) is 5.27. The number of aryl methyl sites for hydroxylation is 1. The SMILES string of the molecule is N#CCC(c1ccccc1)n1cnc2c1CCCC2. The lowest BCUT2D eigenvalue weighted by atomic mass is 9.99. The molecular formula is C16H17N3. The van der Waals surface area contributed by atoms with Gasteiger partial charge in [-0.25, -0.2) is 4.98 Å². The lowest BCUT2D eigenvalue weighted by Crippen LogP contribution is -2.15. The number of hydrogen-bond donors (Lipinski definition) is 0. The van der Waals surface area contributed by atoms with E-state index in [2.05, 4.69) is 27.8 Å². The lowest BCUT2D eigenvalue weighted by Gasteiger charge is -2.21. The maximum Gasteiger partial charge on any atom is 0.0957 e. The van der Waals surface area contributed by atoms with Crippen LogP contribution in [0.2, 0.25) is 0 Å². The van der Waals surface area contributed by atoms with Gasteiger partial charge in [-0.2, -0.15) is 5.26 Å². The Bertz CT molecular complexity index is 592. The minimum absolute atomic E-state index is 0.0977. The van der Waals surface area contributed by atoms with Crippen LogP contribution in [0.1, 0.15) is 42.3 Å². The Kier molecular flexibility index (Phi) is 3.33. The van der Waals surface area contributed by atoms with Gasteiger partial charge in [0.05, 0.1) is 30.6 Å². The standard InChI is InChI=1S/C16H17N3/c17-11-10-15(13-6-2-1-3-7-13)19-12-18-14-8-4-5-9-16(14)19/h1-3,6-7,12,15H,4-5,8-10H2. The molecule has 0 saturated heterocycles. The minimum atomic E-state index is 0.0977. The first-order valence-electron chi connectivity index (χ1n) is 6.86. The summed E-state index contributed by atoms with van der Waals surface area (Å²) >= 11 is 0. The highest BCUT2D eigenvalue weighted by atomic mass is 15.1. The van der Waals surface area contributed by atoms with E-state index in [-0.39, 0.29) is 6.04 Å². The van der Waals surface area contributed by atoms with Gasteiger partial charge in [-0.3, -0.25) is 0 Å². The number of nitriles is 1. The van der Waals surface area contributed by atoms with Crippen molar-refractivity contribution < 1.29 is 0 Å². The van der Waals surface area contributed by atoms with E-state index in [0.717, 1.165) is 12.8 Å². The van der Waals surface area contributed by atoms with Gasteiger partial charge in [-0.05, 0) is 31.2 Å². The predicted octanol–water partition coefficient (Wildman–Crippen LogP) is 3.26. The van der Waals surface area contributed by atoms with Gasteiger partial charge in [0.1, 0.15) is 0 Å². The van der Waals surface area contributed by atoms with Gasteiger partial charge in [0.25, 0.3) is 0 Å². The molecule has 0 radical (unpaired) electrons. The molecule has 0 fully saturated rings. The van der Waals surface area contributed by atoms with Crippen LogP contribution in [-0.4, -0.2) is 9.55 Å². The molecule has 0 saturated carbocycles. The van der Waals surface area contributed by atoms with Gasteiger partial charge < -0.3 is 4.57 Å². The molecule has 1 aromatic carbocycles. The molecule has 1 aliphatic rings. The molecule has 0 bridgehead atoms. The van der Waals surface area contributed by atoms with Crippen molar-refractivity contribution in [2.24, 2.45) is 0 Å². The summed E-state index contributed by atoms with van der Waals surface area (Å²) in [6.07, 6.45) is 7.04. The summed E-state index contributed by atoms with van der Waals surface area (Å²) in [5.41, 5.74) is 3.75. The molecule has 3 rings (SSSR count). The number of nitrogens with zero attached hydrogens (tertiary/aromatic N) is 3. The van der Waals surface area contributed by atoms with Crippen molar-refractivity contribution >= 4 is 0 Å². The second-order valence-electron chi connectivity index (χ2n) is 5.04. The van der Waals surface area contributed by atoms with Gasteiger partial charge in [0.2, 0.25) is 0 Å². The van der Waals surface area contributed by atoms with Gasteiger partial charge in [0.15, 0.2) is 0 Å². The Morgan fingerprint density at radius 2 is 2.00 bits per heavy atom. The smallest absolute Gasteiger partial charge is 0.0957 e. The van der Waals surface area contributed by atoms with Gasteiger partial charge in [-0.1, -0.05) is 30.3 Å². The Balaban J connectivity index is 2.01. The van der Waals surface area contributed by atoms with Crippen molar-refractivity contribution in [2.45, 2.75) is 38.1 Å². The number of aromatic nitrogens is 2. The molecule has 2 aromatic rings. The topological polar surface area (TPSA) is 41.6 Å². The van der Waals surface area contributed by atoms with Crippen LogP contribution < -0.4 is 0 Å². The monoisotopic (exact) mass is 251 g/mol. The number of benzene rings is 1. The molecule has 1 aliphatic carbocycles. The van der Waals surface area contributed by atoms with Gasteiger partial charge in [0, 0.05) is 5.69 Å². The largest absolute Gasteiger partial charge is 0.326 e. The van der Waals surface area contributed by atoms with Crippen LogP contribution in [0.15, 0.2) is 36.7 Å². The summed E-state index contributed by atoms with van der Waals surface area (Å²) in [7, 11) is 0. The predicted molar refractivity (Wildman–Crippen MR) is 73.7 cm³/mol. The molecule has 1 heterocycles. The third-order valence-electron chi connectivity index (χ3n) is 3.86. The fraction of sp³-hybridized carbons (Fsp3) is 0.375. The minimum Gasteiger partial charge on any atom is -0.326 e. The quantitative estimate of drug-likeness (QED) is 0.840. The molecular weight excluding hydrogens is 234 g/mol. The Morgan fingerprint density at radius 3 is 2.79 bits per heavy atom. The number of rotatable bonds is 3. The zero-order valence-corrected chi connectivity index (χ0v) is 10.9. The molecule has 1 aromatic heterocycles. The van der Waals surface area contributed by atoms with E-state index >= 15 is 0 Å². The lowest BCUT2D eigenvalue weighted by molar-refractivity contribution is 0.547. The first kappa shape index (κ1) is 12.0. The summed E-state index contributed by atoms with van der Waals surface area (Å²) in [4.78, 5) is 4.54. The van der Waals surface area contributed by atoms with E-state index in [0.29, 0.717) is 6.42 Å². The second-order valence-corrected chi connectivity index (χ2v) is 5.04. The normalized spacial score (nSPS) is 15.5. The van der Waals surface area contributed by atoms with E-state index < -0.39 is 0 Å². The van der Waals surface area contributed by atoms with E-state index in [9.17, 15) is 0 Å². The summed E-state index contributed by atoms with van der Waals surface area (Å²) in [6, 6.07) is 12.7. The van der Waals surface area contributed by atoms with E-state index in [1.54, 1.807) is 0 Å². The number of imidazole rings is 1. The fourth-order valence-corrected chi connectivity index (χ4v) is 2.90. The van der Waals surface area contributed by atoms with E-state index in [1.807, 2.05) is 24.5 Å². The Hall–Kier alpha value is -2.08. The zero-order chi connectivity index (χ0) is 13.1. The van der Waals surface area contributed by atoms with Crippen molar-refractivity contribution in [3.8, 4) is 6.07 Å². The maximum atomic E-state index is 9.12. The van der Waals surface area contributed by atoms with E-state index in [1.165, 1.54) is 29.8 Å². The van der Waals surface area contributed by atoms with Crippen LogP contribution >= 0.6 is 0 Å². The average molecular weight is 251 g/mol. The Labute approximate surface area is 113 Å². The first-order valence-corrected chi connectivity index (χ1v) is 6.86. The molecule has 96 valence electrons. The fourth-order valence-electron chi connectivity index (χ4n) is 2.90. The highest BCUT2D eigenvalue weighted by molar-refractivity contribution is 5.25. The molecule has 19 heavy (non-hydrogen) atoms. The number of fused-ring (bicyclic) bond motifs is 1. The summed E-state index contributed by atoms with van der Waals surface area (Å²) in [6.45, 7) is 0. The summed E-state index contributed by atoms with van der Waals surface area (Å²) in [5, 5.41) is 9.12. The summed E-state index contributed by atoms with van der Waals surface area (Å²) < 4.78 is 2.22. The average Bonchev–Trinajstić information content (AvgIpc) is 2.89. The van der Waals surface area contributed by atoms with E-state index in [4.69, 9.17) is 5.26 Å². The third-order valence-corrected chi connectivity index (χ3v) is 3.86. The molecule has 0 aliphatic heterocycles. The van der Waals surface area contributed by atoms with Crippen molar-refractivity contribution in [1.82, 2.24) is 9.55 Å². The van der Waals surface area contributed by atoms with Gasteiger partial charge >= 0.3 is 0 Å². The van der Waals surface area contributed by atoms with Crippen molar-refractivity contribution in [2.75, 3.05) is 0 Å². The molecule has 3 nitrogen and oxygen atoms in total. The van der Waals surface area contributed by atoms with Crippen LogP contribution in [0, 0.1) is 11.3 Å². The van der Waals surface area contributed by atoms with Crippen LogP contribution in [0.25, 0.3) is 0 Å². The van der Waals surface area contributed by atoms with Crippen LogP contribution in [0.3, 0.4) is 0 Å². The molecule has 0 spiro atoms. The molecule has 0 amide bonds.